The number of anilines is 1. The van der Waals surface area contributed by atoms with Crippen molar-refractivity contribution in [2.45, 2.75) is 6.92 Å². The number of aryl methyl sites for hydroxylation is 1. The molecular formula is C22H17BrN2O3. The summed E-state index contributed by atoms with van der Waals surface area (Å²) in [6.07, 6.45) is 0. The molecule has 1 heterocycles. The molecule has 0 unspecified atom stereocenters. The highest BCUT2D eigenvalue weighted by Crippen LogP contribution is 2.28. The zero-order valence-corrected chi connectivity index (χ0v) is 16.7. The van der Waals surface area contributed by atoms with E-state index < -0.39 is 0 Å². The monoisotopic (exact) mass is 436 g/mol. The molecule has 0 atom stereocenters. The maximum atomic E-state index is 12.2. The first-order chi connectivity index (χ1) is 13.6. The summed E-state index contributed by atoms with van der Waals surface area (Å²) in [6, 6.07) is 20.6. The molecule has 0 aliphatic carbocycles. The lowest BCUT2D eigenvalue weighted by atomic mass is 10.1. The van der Waals surface area contributed by atoms with Gasteiger partial charge in [0.1, 0.15) is 11.3 Å². The summed E-state index contributed by atoms with van der Waals surface area (Å²) >= 11 is 3.36. The summed E-state index contributed by atoms with van der Waals surface area (Å²) in [5.74, 6) is 0.947. The maximum absolute atomic E-state index is 12.2. The number of benzene rings is 3. The Bertz CT molecular complexity index is 1140. The zero-order valence-electron chi connectivity index (χ0n) is 15.1. The second kappa shape index (κ2) is 7.86. The molecule has 0 saturated carbocycles. The predicted molar refractivity (Wildman–Crippen MR) is 112 cm³/mol. The third-order valence-electron chi connectivity index (χ3n) is 4.23. The van der Waals surface area contributed by atoms with Gasteiger partial charge in [0.15, 0.2) is 12.2 Å². The molecule has 140 valence electrons. The van der Waals surface area contributed by atoms with Gasteiger partial charge in [0.05, 0.1) is 0 Å². The number of nitrogens with zero attached hydrogens (tertiary/aromatic N) is 1. The molecule has 0 aliphatic rings. The first-order valence-corrected chi connectivity index (χ1v) is 9.52. The van der Waals surface area contributed by atoms with Gasteiger partial charge in [0.25, 0.3) is 5.91 Å². The minimum atomic E-state index is -0.249. The van der Waals surface area contributed by atoms with Crippen molar-refractivity contribution >= 4 is 38.6 Å². The van der Waals surface area contributed by atoms with Crippen LogP contribution in [-0.2, 0) is 4.79 Å². The highest BCUT2D eigenvalue weighted by Gasteiger charge is 2.11. The van der Waals surface area contributed by atoms with Gasteiger partial charge in [-0.1, -0.05) is 34.1 Å². The third kappa shape index (κ3) is 4.07. The largest absolute Gasteiger partial charge is 0.484 e. The van der Waals surface area contributed by atoms with Crippen molar-refractivity contribution in [2.75, 3.05) is 11.9 Å². The SMILES string of the molecule is Cc1ccccc1-c1nc2ccc(NC(=O)COc3ccc(Br)cc3)cc2o1. The van der Waals surface area contributed by atoms with Crippen LogP contribution in [0.4, 0.5) is 5.69 Å². The minimum Gasteiger partial charge on any atom is -0.484 e. The lowest BCUT2D eigenvalue weighted by Gasteiger charge is -2.07. The van der Waals surface area contributed by atoms with Crippen molar-refractivity contribution in [3.63, 3.8) is 0 Å². The van der Waals surface area contributed by atoms with Gasteiger partial charge in [0, 0.05) is 21.8 Å². The van der Waals surface area contributed by atoms with Crippen molar-refractivity contribution in [1.82, 2.24) is 4.98 Å². The number of aromatic nitrogens is 1. The average Bonchev–Trinajstić information content (AvgIpc) is 3.11. The van der Waals surface area contributed by atoms with E-state index in [-0.39, 0.29) is 12.5 Å². The summed E-state index contributed by atoms with van der Waals surface area (Å²) < 4.78 is 12.3. The maximum Gasteiger partial charge on any atom is 0.262 e. The molecule has 1 aromatic heterocycles. The first kappa shape index (κ1) is 18.3. The van der Waals surface area contributed by atoms with E-state index in [1.165, 1.54) is 0 Å². The van der Waals surface area contributed by atoms with Crippen LogP contribution in [0.15, 0.2) is 75.6 Å². The molecule has 4 aromatic rings. The number of hydrogen-bond acceptors (Lipinski definition) is 4. The fourth-order valence-electron chi connectivity index (χ4n) is 2.81. The number of nitrogens with one attached hydrogen (secondary N) is 1. The van der Waals surface area contributed by atoms with Crippen molar-refractivity contribution in [1.29, 1.82) is 0 Å². The number of halogens is 1. The van der Waals surface area contributed by atoms with E-state index in [2.05, 4.69) is 26.2 Å². The first-order valence-electron chi connectivity index (χ1n) is 8.73. The van der Waals surface area contributed by atoms with Crippen LogP contribution in [-0.4, -0.2) is 17.5 Å². The number of amides is 1. The number of carbonyl (C=O) groups is 1. The van der Waals surface area contributed by atoms with Gasteiger partial charge in [-0.2, -0.15) is 0 Å². The average molecular weight is 437 g/mol. The number of ether oxygens (including phenoxy) is 1. The number of carbonyl (C=O) groups excluding carboxylic acids is 1. The predicted octanol–water partition coefficient (Wildman–Crippen LogP) is 5.58. The Hall–Kier alpha value is -3.12. The van der Waals surface area contributed by atoms with Gasteiger partial charge in [-0.3, -0.25) is 4.79 Å². The second-order valence-corrected chi connectivity index (χ2v) is 7.22. The van der Waals surface area contributed by atoms with E-state index >= 15 is 0 Å². The van der Waals surface area contributed by atoms with Crippen molar-refractivity contribution in [3.05, 3.63) is 76.8 Å². The molecule has 0 spiro atoms. The minimum absolute atomic E-state index is 0.0788. The fraction of sp³-hybridized carbons (Fsp3) is 0.0909. The molecule has 0 fully saturated rings. The Morgan fingerprint density at radius 2 is 1.89 bits per heavy atom. The molecule has 28 heavy (non-hydrogen) atoms. The lowest BCUT2D eigenvalue weighted by Crippen LogP contribution is -2.20. The van der Waals surface area contributed by atoms with Crippen molar-refractivity contribution < 1.29 is 13.9 Å². The molecule has 0 saturated heterocycles. The van der Waals surface area contributed by atoms with Crippen LogP contribution >= 0.6 is 15.9 Å². The van der Waals surface area contributed by atoms with Gasteiger partial charge in [-0.15, -0.1) is 0 Å². The van der Waals surface area contributed by atoms with E-state index in [4.69, 9.17) is 9.15 Å². The van der Waals surface area contributed by atoms with Crippen LogP contribution in [0.3, 0.4) is 0 Å². The molecule has 0 bridgehead atoms. The van der Waals surface area contributed by atoms with Crippen molar-refractivity contribution in [2.24, 2.45) is 0 Å². The van der Waals surface area contributed by atoms with E-state index in [1.807, 2.05) is 49.4 Å². The standard InChI is InChI=1S/C22H17BrN2O3/c1-14-4-2-3-5-18(14)22-25-19-11-8-16(12-20(19)28-22)24-21(26)13-27-17-9-6-15(23)7-10-17/h2-12H,13H2,1H3,(H,24,26). The lowest BCUT2D eigenvalue weighted by molar-refractivity contribution is -0.118. The van der Waals surface area contributed by atoms with Crippen LogP contribution in [0, 0.1) is 6.92 Å². The Balaban J connectivity index is 1.46. The molecule has 5 nitrogen and oxygen atoms in total. The van der Waals surface area contributed by atoms with Crippen LogP contribution in [0.1, 0.15) is 5.56 Å². The summed E-state index contributed by atoms with van der Waals surface area (Å²) in [5, 5.41) is 2.82. The number of hydrogen-bond donors (Lipinski definition) is 1. The highest BCUT2D eigenvalue weighted by molar-refractivity contribution is 9.10. The van der Waals surface area contributed by atoms with E-state index in [0.29, 0.717) is 22.9 Å². The summed E-state index contributed by atoms with van der Waals surface area (Å²) in [4.78, 5) is 16.7. The van der Waals surface area contributed by atoms with Crippen molar-refractivity contribution in [3.8, 4) is 17.2 Å². The zero-order chi connectivity index (χ0) is 19.5. The molecule has 0 aliphatic heterocycles. The van der Waals surface area contributed by atoms with E-state index in [9.17, 15) is 4.79 Å². The second-order valence-electron chi connectivity index (χ2n) is 6.31. The Kier molecular flexibility index (Phi) is 5.12. The normalized spacial score (nSPS) is 10.8. The number of fused-ring (bicyclic) bond motifs is 1. The fourth-order valence-corrected chi connectivity index (χ4v) is 3.07. The number of rotatable bonds is 5. The Labute approximate surface area is 170 Å². The van der Waals surface area contributed by atoms with E-state index in [0.717, 1.165) is 21.1 Å². The molecule has 4 rings (SSSR count). The van der Waals surface area contributed by atoms with Gasteiger partial charge < -0.3 is 14.5 Å². The molecule has 1 amide bonds. The Morgan fingerprint density at radius 3 is 2.68 bits per heavy atom. The third-order valence-corrected chi connectivity index (χ3v) is 4.76. The topological polar surface area (TPSA) is 64.4 Å². The smallest absolute Gasteiger partial charge is 0.262 e. The van der Waals surface area contributed by atoms with Crippen LogP contribution in [0.2, 0.25) is 0 Å². The Morgan fingerprint density at radius 1 is 1.11 bits per heavy atom. The highest BCUT2D eigenvalue weighted by atomic mass is 79.9. The molecule has 1 N–H and O–H groups in total. The summed E-state index contributed by atoms with van der Waals surface area (Å²) in [5.41, 5.74) is 4.02. The quantitative estimate of drug-likeness (QED) is 0.443. The number of oxazole rings is 1. The van der Waals surface area contributed by atoms with Gasteiger partial charge in [0.2, 0.25) is 5.89 Å². The molecule has 6 heteroatoms. The molecule has 3 aromatic carbocycles. The molecule has 0 radical (unpaired) electrons. The summed E-state index contributed by atoms with van der Waals surface area (Å²) in [7, 11) is 0. The van der Waals surface area contributed by atoms with Gasteiger partial charge in [-0.25, -0.2) is 4.98 Å². The van der Waals surface area contributed by atoms with E-state index in [1.54, 1.807) is 24.3 Å². The summed E-state index contributed by atoms with van der Waals surface area (Å²) in [6.45, 7) is 1.94. The van der Waals surface area contributed by atoms with Crippen LogP contribution in [0.25, 0.3) is 22.6 Å². The van der Waals surface area contributed by atoms with Gasteiger partial charge in [-0.05, 0) is 55.0 Å². The molecular weight excluding hydrogens is 420 g/mol. The van der Waals surface area contributed by atoms with Crippen LogP contribution in [0.5, 0.6) is 5.75 Å². The van der Waals surface area contributed by atoms with Crippen LogP contribution < -0.4 is 10.1 Å². The van der Waals surface area contributed by atoms with Gasteiger partial charge >= 0.3 is 0 Å².